The molecule has 1 amide bonds. The highest BCUT2D eigenvalue weighted by molar-refractivity contribution is 5.77. The van der Waals surface area contributed by atoms with Gasteiger partial charge in [-0.2, -0.15) is 0 Å². The molecule has 4 nitrogen and oxygen atoms in total. The topological polar surface area (TPSA) is 51.2 Å². The summed E-state index contributed by atoms with van der Waals surface area (Å²) in [5, 5.41) is 2.75. The number of hydrogen-bond acceptors (Lipinski definition) is 3. The predicted molar refractivity (Wildman–Crippen MR) is 57.3 cm³/mol. The van der Waals surface area contributed by atoms with Gasteiger partial charge in [-0.05, 0) is 25.5 Å². The first-order valence-electron chi connectivity index (χ1n) is 4.98. The van der Waals surface area contributed by atoms with E-state index in [2.05, 4.69) is 10.3 Å². The summed E-state index contributed by atoms with van der Waals surface area (Å²) >= 11 is 0. The summed E-state index contributed by atoms with van der Waals surface area (Å²) in [4.78, 5) is 15.3. The van der Waals surface area contributed by atoms with E-state index in [-0.39, 0.29) is 12.5 Å². The molecule has 82 valence electrons. The van der Waals surface area contributed by atoms with Crippen molar-refractivity contribution in [3.63, 3.8) is 0 Å². The first-order chi connectivity index (χ1) is 7.22. The smallest absolute Gasteiger partial charge is 0.246 e. The molecule has 1 N–H and O–H groups in total. The molecule has 0 spiro atoms. The Morgan fingerprint density at radius 3 is 2.93 bits per heavy atom. The lowest BCUT2D eigenvalue weighted by Crippen LogP contribution is -2.27. The number of nitrogens with zero attached hydrogens (tertiary/aromatic N) is 1. The predicted octanol–water partition coefficient (Wildman–Crippen LogP) is 1.04. The van der Waals surface area contributed by atoms with Crippen LogP contribution < -0.4 is 5.32 Å². The average Bonchev–Trinajstić information content (AvgIpc) is 2.25. The van der Waals surface area contributed by atoms with Crippen molar-refractivity contribution in [1.29, 1.82) is 0 Å². The third-order valence-electron chi connectivity index (χ3n) is 1.90. The van der Waals surface area contributed by atoms with Crippen LogP contribution >= 0.6 is 0 Å². The van der Waals surface area contributed by atoms with Crippen molar-refractivity contribution in [1.82, 2.24) is 10.3 Å². The molecular formula is C11H16N2O2. The highest BCUT2D eigenvalue weighted by Gasteiger charge is 2.00. The maximum Gasteiger partial charge on any atom is 0.246 e. The summed E-state index contributed by atoms with van der Waals surface area (Å²) in [6.45, 7) is 4.96. The first kappa shape index (κ1) is 11.7. The normalized spacial score (nSPS) is 10.0. The molecule has 0 fully saturated rings. The van der Waals surface area contributed by atoms with Crippen LogP contribution in [0.15, 0.2) is 18.3 Å². The van der Waals surface area contributed by atoms with E-state index in [1.807, 2.05) is 26.0 Å². The van der Waals surface area contributed by atoms with E-state index in [0.717, 1.165) is 11.3 Å². The van der Waals surface area contributed by atoms with Gasteiger partial charge in [0, 0.05) is 25.0 Å². The fourth-order valence-electron chi connectivity index (χ4n) is 1.05. The molecule has 0 aliphatic heterocycles. The Kier molecular flexibility index (Phi) is 4.77. The molecule has 1 aromatic heterocycles. The molecule has 0 unspecified atom stereocenters. The number of carbonyl (C=O) groups is 1. The van der Waals surface area contributed by atoms with Crippen molar-refractivity contribution in [2.75, 3.05) is 13.2 Å². The molecule has 0 radical (unpaired) electrons. The molecule has 0 aromatic carbocycles. The third-order valence-corrected chi connectivity index (χ3v) is 1.90. The van der Waals surface area contributed by atoms with E-state index in [1.165, 1.54) is 0 Å². The van der Waals surface area contributed by atoms with E-state index >= 15 is 0 Å². The minimum atomic E-state index is -0.0996. The number of aryl methyl sites for hydroxylation is 1. The van der Waals surface area contributed by atoms with Gasteiger partial charge in [-0.15, -0.1) is 0 Å². The molecular weight excluding hydrogens is 192 g/mol. The second-order valence-corrected chi connectivity index (χ2v) is 3.22. The van der Waals surface area contributed by atoms with Gasteiger partial charge < -0.3 is 10.1 Å². The van der Waals surface area contributed by atoms with E-state index in [4.69, 9.17) is 4.74 Å². The fourth-order valence-corrected chi connectivity index (χ4v) is 1.05. The zero-order chi connectivity index (χ0) is 11.1. The van der Waals surface area contributed by atoms with Gasteiger partial charge in [-0.3, -0.25) is 9.78 Å². The van der Waals surface area contributed by atoms with Gasteiger partial charge in [-0.25, -0.2) is 0 Å². The van der Waals surface area contributed by atoms with E-state index in [1.54, 1.807) is 6.20 Å². The van der Waals surface area contributed by atoms with Crippen molar-refractivity contribution in [2.24, 2.45) is 0 Å². The van der Waals surface area contributed by atoms with Gasteiger partial charge in [0.15, 0.2) is 0 Å². The lowest BCUT2D eigenvalue weighted by Gasteiger charge is -2.05. The van der Waals surface area contributed by atoms with Crippen LogP contribution in [-0.4, -0.2) is 24.1 Å². The Morgan fingerprint density at radius 2 is 2.33 bits per heavy atom. The lowest BCUT2D eigenvalue weighted by atomic mass is 10.2. The maximum atomic E-state index is 11.2. The first-order valence-corrected chi connectivity index (χ1v) is 4.98. The highest BCUT2D eigenvalue weighted by atomic mass is 16.5. The monoisotopic (exact) mass is 208 g/mol. The van der Waals surface area contributed by atoms with E-state index < -0.39 is 0 Å². The standard InChI is InChI=1S/C11H16N2O2/c1-3-15-8-11(14)13-7-10-5-4-9(2)12-6-10/h4-6H,3,7-8H2,1-2H3,(H,13,14). The SMILES string of the molecule is CCOCC(=O)NCc1ccc(C)nc1. The maximum absolute atomic E-state index is 11.2. The molecule has 0 saturated heterocycles. The average molecular weight is 208 g/mol. The number of carbonyl (C=O) groups excluding carboxylic acids is 1. The Hall–Kier alpha value is -1.42. The summed E-state index contributed by atoms with van der Waals surface area (Å²) in [5.41, 5.74) is 1.96. The molecule has 0 bridgehead atoms. The van der Waals surface area contributed by atoms with Gasteiger partial charge >= 0.3 is 0 Å². The lowest BCUT2D eigenvalue weighted by molar-refractivity contribution is -0.125. The number of rotatable bonds is 5. The number of hydrogen-bond donors (Lipinski definition) is 1. The van der Waals surface area contributed by atoms with Crippen LogP contribution in [0.5, 0.6) is 0 Å². The second-order valence-electron chi connectivity index (χ2n) is 3.22. The van der Waals surface area contributed by atoms with Crippen molar-refractivity contribution >= 4 is 5.91 Å². The Balaban J connectivity index is 2.30. The van der Waals surface area contributed by atoms with Crippen molar-refractivity contribution < 1.29 is 9.53 Å². The molecule has 0 atom stereocenters. The fraction of sp³-hybridized carbons (Fsp3) is 0.455. The minimum Gasteiger partial charge on any atom is -0.372 e. The van der Waals surface area contributed by atoms with Crippen LogP contribution in [0, 0.1) is 6.92 Å². The van der Waals surface area contributed by atoms with Crippen molar-refractivity contribution in [3.8, 4) is 0 Å². The highest BCUT2D eigenvalue weighted by Crippen LogP contribution is 1.98. The molecule has 15 heavy (non-hydrogen) atoms. The van der Waals surface area contributed by atoms with Crippen molar-refractivity contribution in [3.05, 3.63) is 29.6 Å². The second kappa shape index (κ2) is 6.14. The number of pyridine rings is 1. The van der Waals surface area contributed by atoms with Crippen LogP contribution in [0.25, 0.3) is 0 Å². The molecule has 0 saturated carbocycles. The molecule has 1 heterocycles. The largest absolute Gasteiger partial charge is 0.372 e. The molecule has 1 aromatic rings. The third kappa shape index (κ3) is 4.56. The summed E-state index contributed by atoms with van der Waals surface area (Å²) in [7, 11) is 0. The van der Waals surface area contributed by atoms with Crippen LogP contribution in [0.3, 0.4) is 0 Å². The van der Waals surface area contributed by atoms with Crippen LogP contribution in [0.1, 0.15) is 18.2 Å². The Bertz CT molecular complexity index is 309. The Labute approximate surface area is 89.7 Å². The van der Waals surface area contributed by atoms with E-state index in [0.29, 0.717) is 13.2 Å². The Morgan fingerprint density at radius 1 is 1.53 bits per heavy atom. The van der Waals surface area contributed by atoms with Gasteiger partial charge in [-0.1, -0.05) is 6.07 Å². The van der Waals surface area contributed by atoms with Gasteiger partial charge in [0.05, 0.1) is 0 Å². The summed E-state index contributed by atoms with van der Waals surface area (Å²) in [5.74, 6) is -0.0996. The number of aromatic nitrogens is 1. The van der Waals surface area contributed by atoms with Crippen LogP contribution in [-0.2, 0) is 16.1 Å². The van der Waals surface area contributed by atoms with Gasteiger partial charge in [0.25, 0.3) is 0 Å². The summed E-state index contributed by atoms with van der Waals surface area (Å²) < 4.78 is 4.98. The van der Waals surface area contributed by atoms with Crippen LogP contribution in [0.4, 0.5) is 0 Å². The number of amides is 1. The van der Waals surface area contributed by atoms with Gasteiger partial charge in [0.1, 0.15) is 6.61 Å². The minimum absolute atomic E-state index is 0.0996. The molecule has 1 rings (SSSR count). The molecule has 4 heteroatoms. The summed E-state index contributed by atoms with van der Waals surface area (Å²) in [6.07, 6.45) is 1.76. The number of nitrogens with one attached hydrogen (secondary N) is 1. The zero-order valence-corrected chi connectivity index (χ0v) is 9.12. The quantitative estimate of drug-likeness (QED) is 0.786. The van der Waals surface area contributed by atoms with E-state index in [9.17, 15) is 4.79 Å². The molecule has 0 aliphatic rings. The van der Waals surface area contributed by atoms with Gasteiger partial charge in [0.2, 0.25) is 5.91 Å². The van der Waals surface area contributed by atoms with Crippen LogP contribution in [0.2, 0.25) is 0 Å². The molecule has 0 aliphatic carbocycles. The number of ether oxygens (including phenoxy) is 1. The summed E-state index contributed by atoms with van der Waals surface area (Å²) in [6, 6.07) is 3.87. The zero-order valence-electron chi connectivity index (χ0n) is 9.12. The van der Waals surface area contributed by atoms with Crippen molar-refractivity contribution in [2.45, 2.75) is 20.4 Å².